The summed E-state index contributed by atoms with van der Waals surface area (Å²) in [6.45, 7) is 11.0. The number of hydrogen-bond acceptors (Lipinski definition) is 11. The van der Waals surface area contributed by atoms with Crippen molar-refractivity contribution in [2.24, 2.45) is 11.1 Å². The number of anilines is 1. The Kier molecular flexibility index (Phi) is 10.3. The highest BCUT2D eigenvalue weighted by atomic mass is 32.1. The fourth-order valence-corrected chi connectivity index (χ4v) is 9.45. The number of H-pyrrole nitrogens is 1. The summed E-state index contributed by atoms with van der Waals surface area (Å²) in [6.07, 6.45) is 6.07. The van der Waals surface area contributed by atoms with Crippen LogP contribution in [0.15, 0.2) is 35.8 Å². The van der Waals surface area contributed by atoms with Gasteiger partial charge in [0.2, 0.25) is 0 Å². The standard InChI is InChI=1S/C40H51N9O5S/c1-23(53-4)35-28(16-26(19-42-35)48-14-13-47-11-5-7-25(47)20-48)36-29-18-40(2,3)22-54-38(51)31-8-6-12-49(46-31)37(50)32(45-39(41)52)17-34-43-33(21-55-34)24-9-10-30(44-36)27(29)15-24/h9-10,15-16,19,21,23,25,31-32,44,46H,5-8,11-14,17-18,20,22H2,1-4H3,(H3,41,45,52). The number of ether oxygens (including phenoxy) is 2. The van der Waals surface area contributed by atoms with Gasteiger partial charge in [-0.25, -0.2) is 15.2 Å². The molecule has 0 radical (unpaired) electrons. The third kappa shape index (κ3) is 7.67. The predicted octanol–water partition coefficient (Wildman–Crippen LogP) is 4.55. The van der Waals surface area contributed by atoms with Crippen LogP contribution in [0.4, 0.5) is 10.5 Å². The Morgan fingerprint density at radius 3 is 2.80 bits per heavy atom. The number of amides is 3. The second kappa shape index (κ2) is 15.2. The number of cyclic esters (lactones) is 1. The van der Waals surface area contributed by atoms with Crippen LogP contribution in [0, 0.1) is 5.41 Å². The van der Waals surface area contributed by atoms with Crippen molar-refractivity contribution in [3.05, 3.63) is 52.1 Å². The Balaban J connectivity index is 1.23. The van der Waals surface area contributed by atoms with E-state index in [1.807, 2.05) is 24.6 Å². The topological polar surface area (TPSA) is 171 Å². The lowest BCUT2D eigenvalue weighted by molar-refractivity contribution is -0.155. The van der Waals surface area contributed by atoms with Crippen molar-refractivity contribution >= 4 is 45.8 Å². The third-order valence-electron chi connectivity index (χ3n) is 11.6. The first kappa shape index (κ1) is 37.4. The Hall–Kier alpha value is -4.57. The zero-order valence-corrected chi connectivity index (χ0v) is 32.8. The monoisotopic (exact) mass is 769 g/mol. The average Bonchev–Trinajstić information content (AvgIpc) is 3.94. The molecule has 4 aromatic rings. The summed E-state index contributed by atoms with van der Waals surface area (Å²) in [4.78, 5) is 58.2. The van der Waals surface area contributed by atoms with E-state index in [4.69, 9.17) is 25.2 Å². The molecule has 7 heterocycles. The second-order valence-electron chi connectivity index (χ2n) is 16.2. The normalized spacial score (nSPS) is 24.0. The second-order valence-corrected chi connectivity index (χ2v) is 17.1. The molecule has 3 amide bonds. The number of hydrazine groups is 1. The van der Waals surface area contributed by atoms with Crippen LogP contribution in [0.2, 0.25) is 0 Å². The van der Waals surface area contributed by atoms with E-state index >= 15 is 0 Å². The highest BCUT2D eigenvalue weighted by Crippen LogP contribution is 2.41. The Morgan fingerprint density at radius 1 is 1.15 bits per heavy atom. The lowest BCUT2D eigenvalue weighted by Gasteiger charge is -2.39. The van der Waals surface area contributed by atoms with E-state index < -0.39 is 29.5 Å². The van der Waals surface area contributed by atoms with Crippen molar-refractivity contribution in [3.8, 4) is 22.5 Å². The number of thiazole rings is 1. The number of benzene rings is 1. The molecule has 4 aliphatic rings. The van der Waals surface area contributed by atoms with Gasteiger partial charge in [0.25, 0.3) is 5.91 Å². The zero-order valence-electron chi connectivity index (χ0n) is 32.0. The molecule has 3 aromatic heterocycles. The molecule has 4 unspecified atom stereocenters. The Morgan fingerprint density at radius 2 is 1.98 bits per heavy atom. The molecular weight excluding hydrogens is 719 g/mol. The van der Waals surface area contributed by atoms with Crippen molar-refractivity contribution in [1.82, 2.24) is 35.6 Å². The van der Waals surface area contributed by atoms with Crippen LogP contribution in [0.3, 0.4) is 0 Å². The van der Waals surface area contributed by atoms with Gasteiger partial charge in [-0.3, -0.25) is 24.5 Å². The number of carbonyl (C=O) groups is 3. The average molecular weight is 770 g/mol. The molecule has 55 heavy (non-hydrogen) atoms. The number of esters is 1. The minimum atomic E-state index is -0.965. The van der Waals surface area contributed by atoms with Gasteiger partial charge in [-0.2, -0.15) is 0 Å². The summed E-state index contributed by atoms with van der Waals surface area (Å²) in [5.74, 6) is -0.811. The van der Waals surface area contributed by atoms with E-state index in [1.54, 1.807) is 7.11 Å². The van der Waals surface area contributed by atoms with Crippen molar-refractivity contribution < 1.29 is 23.9 Å². The molecule has 0 spiro atoms. The van der Waals surface area contributed by atoms with Gasteiger partial charge in [0.05, 0.1) is 46.7 Å². The molecule has 14 nitrogen and oxygen atoms in total. The van der Waals surface area contributed by atoms with Gasteiger partial charge in [0.15, 0.2) is 0 Å². The van der Waals surface area contributed by atoms with E-state index in [-0.39, 0.29) is 25.0 Å². The van der Waals surface area contributed by atoms with E-state index in [1.165, 1.54) is 35.7 Å². The van der Waals surface area contributed by atoms with Crippen LogP contribution >= 0.6 is 11.3 Å². The Labute approximate surface area is 325 Å². The van der Waals surface area contributed by atoms with Crippen molar-refractivity contribution in [1.29, 1.82) is 0 Å². The molecule has 3 fully saturated rings. The lowest BCUT2D eigenvalue weighted by Crippen LogP contribution is -2.60. The molecule has 4 aliphatic heterocycles. The molecule has 1 aromatic carbocycles. The first-order valence-electron chi connectivity index (χ1n) is 19.4. The number of piperazine rings is 1. The lowest BCUT2D eigenvalue weighted by atomic mass is 9.84. The van der Waals surface area contributed by atoms with Gasteiger partial charge in [-0.1, -0.05) is 19.9 Å². The molecule has 6 bridgehead atoms. The van der Waals surface area contributed by atoms with Crippen LogP contribution in [0.25, 0.3) is 33.4 Å². The van der Waals surface area contributed by atoms with Crippen molar-refractivity contribution in [2.45, 2.75) is 83.5 Å². The number of methoxy groups -OCH3 is 1. The summed E-state index contributed by atoms with van der Waals surface area (Å²) in [6, 6.07) is 6.65. The smallest absolute Gasteiger partial charge is 0.324 e. The number of nitrogens with two attached hydrogens (primary N) is 1. The number of carbonyl (C=O) groups excluding carboxylic acids is 3. The SMILES string of the molecule is COC(C)c1ncc(N2CCN3CCCC3C2)cc1-c1[nH]c2ccc3cc2c1CC(C)(C)COC(=O)C1CCCN(N1)C(=O)C(NC(N)=O)Cc1nc-3cs1. The first-order valence-corrected chi connectivity index (χ1v) is 20.3. The highest BCUT2D eigenvalue weighted by Gasteiger charge is 2.36. The predicted molar refractivity (Wildman–Crippen MR) is 211 cm³/mol. The van der Waals surface area contributed by atoms with Crippen LogP contribution in [-0.4, -0.2) is 107 Å². The molecule has 15 heteroatoms. The molecular formula is C40H51N9O5S. The molecule has 0 aliphatic carbocycles. The molecule has 5 N–H and O–H groups in total. The van der Waals surface area contributed by atoms with Crippen LogP contribution in [0.5, 0.6) is 0 Å². The number of rotatable bonds is 5. The summed E-state index contributed by atoms with van der Waals surface area (Å²) in [5, 5.41) is 7.69. The maximum atomic E-state index is 13.7. The number of aromatic nitrogens is 3. The summed E-state index contributed by atoms with van der Waals surface area (Å²) in [7, 11) is 1.71. The number of nitrogens with one attached hydrogen (secondary N) is 3. The number of hydrogen-bond donors (Lipinski definition) is 4. The molecule has 8 rings (SSSR count). The molecule has 3 saturated heterocycles. The number of pyridine rings is 1. The maximum Gasteiger partial charge on any atom is 0.324 e. The fourth-order valence-electron chi connectivity index (χ4n) is 8.60. The Bertz CT molecular complexity index is 2100. The van der Waals surface area contributed by atoms with E-state index in [0.29, 0.717) is 36.9 Å². The minimum absolute atomic E-state index is 0.148. The van der Waals surface area contributed by atoms with Gasteiger partial charge in [-0.15, -0.1) is 11.3 Å². The zero-order chi connectivity index (χ0) is 38.4. The highest BCUT2D eigenvalue weighted by molar-refractivity contribution is 7.10. The number of primary amides is 1. The minimum Gasteiger partial charge on any atom is -0.464 e. The first-order chi connectivity index (χ1) is 26.5. The number of fused-ring (bicyclic) bond motifs is 7. The number of nitrogens with zero attached hydrogens (tertiary/aromatic N) is 5. The maximum absolute atomic E-state index is 13.7. The molecule has 0 saturated carbocycles. The van der Waals surface area contributed by atoms with Gasteiger partial charge >= 0.3 is 12.0 Å². The largest absolute Gasteiger partial charge is 0.464 e. The van der Waals surface area contributed by atoms with Crippen LogP contribution in [-0.2, 0) is 31.9 Å². The number of aromatic amines is 1. The summed E-state index contributed by atoms with van der Waals surface area (Å²) < 4.78 is 11.9. The van der Waals surface area contributed by atoms with Crippen LogP contribution in [0.1, 0.15) is 68.8 Å². The molecule has 4 atom stereocenters. The van der Waals surface area contributed by atoms with Gasteiger partial charge in [-0.05, 0) is 69.3 Å². The fraction of sp³-hybridized carbons (Fsp3) is 0.525. The van der Waals surface area contributed by atoms with Crippen molar-refractivity contribution in [2.75, 3.05) is 51.3 Å². The van der Waals surface area contributed by atoms with Gasteiger partial charge < -0.3 is 30.4 Å². The van der Waals surface area contributed by atoms with Gasteiger partial charge in [0, 0.05) is 78.6 Å². The number of urea groups is 1. The molecule has 292 valence electrons. The quantitative estimate of drug-likeness (QED) is 0.211. The van der Waals surface area contributed by atoms with Crippen LogP contribution < -0.4 is 21.4 Å². The summed E-state index contributed by atoms with van der Waals surface area (Å²) in [5.41, 5.74) is 15.8. The van der Waals surface area contributed by atoms with E-state index in [0.717, 1.165) is 70.0 Å². The van der Waals surface area contributed by atoms with Gasteiger partial charge in [0.1, 0.15) is 12.1 Å². The van der Waals surface area contributed by atoms with E-state index in [2.05, 4.69) is 57.6 Å². The third-order valence-corrected chi connectivity index (χ3v) is 12.5. The van der Waals surface area contributed by atoms with E-state index in [9.17, 15) is 14.4 Å². The summed E-state index contributed by atoms with van der Waals surface area (Å²) >= 11 is 1.42. The van der Waals surface area contributed by atoms with Crippen molar-refractivity contribution in [3.63, 3.8) is 0 Å².